The Balaban J connectivity index is 1.22. The van der Waals surface area contributed by atoms with Crippen LogP contribution in [0.4, 0.5) is 0 Å². The summed E-state index contributed by atoms with van der Waals surface area (Å²) < 4.78 is 2.24. The summed E-state index contributed by atoms with van der Waals surface area (Å²) in [4.78, 5) is 12.0. The van der Waals surface area contributed by atoms with Crippen LogP contribution in [0, 0.1) is 0 Å². The van der Waals surface area contributed by atoms with Gasteiger partial charge in [0.2, 0.25) is 0 Å². The topological polar surface area (TPSA) is 0 Å². The van der Waals surface area contributed by atoms with Crippen LogP contribution >= 0.6 is 15.8 Å². The van der Waals surface area contributed by atoms with Crippen LogP contribution in [-0.2, 0) is 6.51 Å². The van der Waals surface area contributed by atoms with Crippen molar-refractivity contribution in [3.8, 4) is 0 Å². The van der Waals surface area contributed by atoms with Gasteiger partial charge in [-0.3, -0.25) is 0 Å². The van der Waals surface area contributed by atoms with Crippen LogP contribution in [0.5, 0.6) is 0 Å². The van der Waals surface area contributed by atoms with Crippen LogP contribution < -0.4 is 0 Å². The second kappa shape index (κ2) is 1.82. The molecular formula is C24H40FeP2. The Labute approximate surface area is 159 Å². The quantitative estimate of drug-likeness (QED) is 0.258. The van der Waals surface area contributed by atoms with Gasteiger partial charge in [0.15, 0.2) is 0 Å². The summed E-state index contributed by atoms with van der Waals surface area (Å²) in [6.07, 6.45) is 3.64. The molecule has 0 aliphatic carbocycles. The maximum absolute atomic E-state index is 3.15. The molecule has 10 aliphatic heterocycles. The Morgan fingerprint density at radius 2 is 0.852 bits per heavy atom. The monoisotopic (exact) mass is 446 g/mol. The van der Waals surface area contributed by atoms with Gasteiger partial charge in [-0.2, -0.15) is 0 Å². The van der Waals surface area contributed by atoms with Gasteiger partial charge >= 0.3 is 160 Å². The van der Waals surface area contributed by atoms with Gasteiger partial charge in [0.1, 0.15) is 0 Å². The van der Waals surface area contributed by atoms with E-state index in [0.717, 1.165) is 31.3 Å². The fourth-order valence-electron chi connectivity index (χ4n) is 20.8. The van der Waals surface area contributed by atoms with Crippen LogP contribution in [-0.4, -0.2) is 35.0 Å². The first-order valence-electron chi connectivity index (χ1n) is 12.1. The number of hydrogen-bond acceptors (Lipinski definition) is 0. The molecule has 0 bridgehead atoms. The van der Waals surface area contributed by atoms with Crippen LogP contribution in [0.15, 0.2) is 0 Å². The van der Waals surface area contributed by atoms with E-state index in [1.807, 2.05) is 12.3 Å². The SMILES string of the molecule is CC(C)P(C[C]12[CH]3[CH]4[CH]5[C]1(CP(C(C)C)C(C)C)[Fe]43521678[CH]2[CH]1[CH]6[CH]7[CH]28)C(C)C. The van der Waals surface area contributed by atoms with Crippen molar-refractivity contribution in [2.24, 2.45) is 0 Å². The Bertz CT molecular complexity index is 1100. The van der Waals surface area contributed by atoms with E-state index in [1.54, 1.807) is 0 Å². The molecule has 10 aliphatic rings. The molecule has 0 saturated carbocycles. The molecule has 0 aromatic rings. The standard InChI is InChI=1S/C19H35P2.C5H5.Fe/c1-14(2)20(15(3)4)12-18-10-9-11-19(18)13-21(16(5)6)17(7)8;1-2-4-5-3-1;/h9-11,14-17H,12-13H2,1-8H3;1-5H;. The minimum atomic E-state index is -3.15. The average Bonchev–Trinajstić information content (AvgIpc) is 3.50. The predicted molar refractivity (Wildman–Crippen MR) is 120 cm³/mol. The number of rotatable bonds is 8. The zero-order chi connectivity index (χ0) is 18.8. The molecule has 0 N–H and O–H groups in total. The molecule has 3 heteroatoms. The molecule has 10 fully saturated rings. The van der Waals surface area contributed by atoms with Crippen molar-refractivity contribution >= 4 is 15.8 Å². The third kappa shape index (κ3) is 0.273. The first-order chi connectivity index (χ1) is 12.4. The molecule has 0 aromatic heterocycles. The zero-order valence-corrected chi connectivity index (χ0v) is 21.5. The van der Waals surface area contributed by atoms with Crippen LogP contribution in [0.3, 0.4) is 0 Å². The van der Waals surface area contributed by atoms with Gasteiger partial charge in [-0.15, -0.1) is 0 Å². The Morgan fingerprint density at radius 1 is 0.556 bits per heavy atom. The molecule has 10 rings (SSSR count). The van der Waals surface area contributed by atoms with Crippen molar-refractivity contribution in [2.75, 3.05) is 12.3 Å². The van der Waals surface area contributed by atoms with Crippen molar-refractivity contribution in [2.45, 2.75) is 125 Å². The number of hydrogen-bond donors (Lipinski definition) is 0. The van der Waals surface area contributed by atoms with Gasteiger partial charge in [-0.05, 0) is 0 Å². The van der Waals surface area contributed by atoms with Gasteiger partial charge in [0.25, 0.3) is 0 Å². The van der Waals surface area contributed by atoms with Crippen LogP contribution in [0.2, 0.25) is 47.2 Å². The molecule has 4 unspecified atom stereocenters. The van der Waals surface area contributed by atoms with Gasteiger partial charge in [0.05, 0.1) is 0 Å². The summed E-state index contributed by atoms with van der Waals surface area (Å²) in [5.74, 6) is 0. The van der Waals surface area contributed by atoms with E-state index in [-0.39, 0.29) is 15.8 Å². The van der Waals surface area contributed by atoms with Gasteiger partial charge in [-0.25, -0.2) is 0 Å². The molecule has 0 radical (unpaired) electrons. The fourth-order valence-corrected chi connectivity index (χ4v) is 110. The van der Waals surface area contributed by atoms with E-state index in [9.17, 15) is 0 Å². The predicted octanol–water partition coefficient (Wildman–Crippen LogP) is 8.71. The minimum absolute atomic E-state index is 0.270. The molecule has 0 aromatic carbocycles. The van der Waals surface area contributed by atoms with E-state index < -0.39 is 6.51 Å². The second-order valence-electron chi connectivity index (χ2n) is 15.8. The molecule has 27 heavy (non-hydrogen) atoms. The van der Waals surface area contributed by atoms with Crippen molar-refractivity contribution in [3.05, 3.63) is 0 Å². The summed E-state index contributed by atoms with van der Waals surface area (Å²) in [5, 5.41) is 0. The van der Waals surface area contributed by atoms with Crippen LogP contribution in [0.25, 0.3) is 0 Å². The van der Waals surface area contributed by atoms with E-state index in [1.165, 1.54) is 38.5 Å². The van der Waals surface area contributed by atoms with E-state index >= 15 is 0 Å². The Kier molecular flexibility index (Phi) is 1.03. The fraction of sp³-hybridized carbons (Fsp3) is 1.00. The molecule has 10 saturated heterocycles. The molecule has 0 nitrogen and oxygen atoms in total. The summed E-state index contributed by atoms with van der Waals surface area (Å²) >= 11 is 0. The van der Waals surface area contributed by atoms with Crippen molar-refractivity contribution < 1.29 is 6.51 Å². The van der Waals surface area contributed by atoms with Crippen molar-refractivity contribution in [1.29, 1.82) is 0 Å². The van der Waals surface area contributed by atoms with E-state index in [0.29, 0.717) is 0 Å². The average molecular weight is 446 g/mol. The van der Waals surface area contributed by atoms with Crippen molar-refractivity contribution in [3.63, 3.8) is 0 Å². The first-order valence-corrected chi connectivity index (χ1v) is 21.7. The maximum atomic E-state index is 2.60. The van der Waals surface area contributed by atoms with Gasteiger partial charge in [-0.1, -0.05) is 0 Å². The van der Waals surface area contributed by atoms with Crippen molar-refractivity contribution in [1.82, 2.24) is 0 Å². The molecule has 154 valence electrons. The Hall–Kier alpha value is 1.38. The third-order valence-corrected chi connectivity index (χ3v) is 70.6. The molecule has 1 spiro atoms. The Morgan fingerprint density at radius 3 is 1.04 bits per heavy atom. The molecule has 10 heterocycles. The summed E-state index contributed by atoms with van der Waals surface area (Å²) in [6.45, 7) is 17.6. The summed E-state index contributed by atoms with van der Waals surface area (Å²) in [6, 6.07) is 0. The summed E-state index contributed by atoms with van der Waals surface area (Å²) in [5.41, 5.74) is 3.92. The van der Waals surface area contributed by atoms with Gasteiger partial charge < -0.3 is 0 Å². The zero-order valence-electron chi connectivity index (χ0n) is 18.6. The van der Waals surface area contributed by atoms with E-state index in [2.05, 4.69) is 55.4 Å². The van der Waals surface area contributed by atoms with Crippen LogP contribution in [0.1, 0.15) is 55.4 Å². The molecule has 4 atom stereocenters. The van der Waals surface area contributed by atoms with E-state index in [4.69, 9.17) is 0 Å². The second-order valence-corrected chi connectivity index (χ2v) is 46.0. The first kappa shape index (κ1) is 15.2. The van der Waals surface area contributed by atoms with Gasteiger partial charge in [0, 0.05) is 0 Å². The number of fused-ring (bicyclic) bond motifs is 10. The molecule has 0 amide bonds. The third-order valence-electron chi connectivity index (χ3n) is 19.0. The molecular weight excluding hydrogens is 406 g/mol. The summed E-state index contributed by atoms with van der Waals surface area (Å²) in [7, 11) is 0.540. The normalized spacial score (nSPS) is 83.6.